The van der Waals surface area contributed by atoms with Gasteiger partial charge in [-0.25, -0.2) is 8.42 Å². The van der Waals surface area contributed by atoms with Gasteiger partial charge in [-0.2, -0.15) is 0 Å². The van der Waals surface area contributed by atoms with E-state index >= 15 is 0 Å². The summed E-state index contributed by atoms with van der Waals surface area (Å²) in [6.07, 6.45) is 0. The van der Waals surface area contributed by atoms with Gasteiger partial charge in [-0.15, -0.1) is 0 Å². The van der Waals surface area contributed by atoms with Crippen LogP contribution in [0, 0.1) is 13.8 Å². The van der Waals surface area contributed by atoms with Crippen LogP contribution in [0.3, 0.4) is 0 Å². The van der Waals surface area contributed by atoms with E-state index in [1.54, 1.807) is 61.5 Å². The third-order valence-electron chi connectivity index (χ3n) is 4.77. The van der Waals surface area contributed by atoms with E-state index in [0.717, 1.165) is 16.8 Å². The molecule has 3 aromatic carbocycles. The predicted octanol–water partition coefficient (Wildman–Crippen LogP) is 4.54. The molecule has 0 bridgehead atoms. The molecule has 0 aliphatic heterocycles. The van der Waals surface area contributed by atoms with E-state index in [1.165, 1.54) is 4.31 Å². The molecule has 0 radical (unpaired) electrons. The van der Waals surface area contributed by atoms with Crippen molar-refractivity contribution in [3.8, 4) is 5.75 Å². The number of amides is 1. The summed E-state index contributed by atoms with van der Waals surface area (Å²) in [6, 6.07) is 20.8. The van der Waals surface area contributed by atoms with Gasteiger partial charge < -0.3 is 10.1 Å². The van der Waals surface area contributed by atoms with Crippen LogP contribution < -0.4 is 14.4 Å². The molecule has 0 unspecified atom stereocenters. The zero-order valence-corrected chi connectivity index (χ0v) is 18.6. The van der Waals surface area contributed by atoms with Gasteiger partial charge in [0, 0.05) is 12.2 Å². The molecule has 31 heavy (non-hydrogen) atoms. The quantitative estimate of drug-likeness (QED) is 0.560. The first-order valence-corrected chi connectivity index (χ1v) is 11.4. The van der Waals surface area contributed by atoms with E-state index < -0.39 is 10.0 Å². The fourth-order valence-electron chi connectivity index (χ4n) is 3.21. The average molecular weight is 439 g/mol. The Balaban J connectivity index is 1.65. The largest absolute Gasteiger partial charge is 0.484 e. The first kappa shape index (κ1) is 22.4. The van der Waals surface area contributed by atoms with Crippen LogP contribution in [-0.4, -0.2) is 27.5 Å². The third-order valence-corrected chi connectivity index (χ3v) is 6.69. The number of hydrogen-bond acceptors (Lipinski definition) is 4. The summed E-state index contributed by atoms with van der Waals surface area (Å²) in [6.45, 7) is 5.85. The van der Waals surface area contributed by atoms with Gasteiger partial charge in [0.05, 0.1) is 10.6 Å². The Morgan fingerprint density at radius 1 is 0.968 bits per heavy atom. The van der Waals surface area contributed by atoms with Crippen LogP contribution in [0.25, 0.3) is 0 Å². The van der Waals surface area contributed by atoms with Gasteiger partial charge >= 0.3 is 0 Å². The third kappa shape index (κ3) is 5.44. The van der Waals surface area contributed by atoms with Crippen LogP contribution in [0.5, 0.6) is 5.75 Å². The summed E-state index contributed by atoms with van der Waals surface area (Å²) in [7, 11) is -3.66. The highest BCUT2D eigenvalue weighted by Gasteiger charge is 2.23. The maximum absolute atomic E-state index is 12.9. The monoisotopic (exact) mass is 438 g/mol. The molecule has 0 fully saturated rings. The summed E-state index contributed by atoms with van der Waals surface area (Å²) >= 11 is 0. The molecule has 3 aromatic rings. The van der Waals surface area contributed by atoms with Crippen LogP contribution in [0.4, 0.5) is 11.4 Å². The predicted molar refractivity (Wildman–Crippen MR) is 123 cm³/mol. The highest BCUT2D eigenvalue weighted by atomic mass is 32.2. The van der Waals surface area contributed by atoms with Crippen molar-refractivity contribution < 1.29 is 17.9 Å². The van der Waals surface area contributed by atoms with Crippen molar-refractivity contribution in [2.45, 2.75) is 25.7 Å². The molecule has 1 amide bonds. The van der Waals surface area contributed by atoms with E-state index in [0.29, 0.717) is 11.4 Å². The molecule has 0 saturated carbocycles. The summed E-state index contributed by atoms with van der Waals surface area (Å²) in [5, 5.41) is 2.83. The number of anilines is 2. The molecule has 3 rings (SSSR count). The zero-order valence-electron chi connectivity index (χ0n) is 17.8. The second-order valence-corrected chi connectivity index (χ2v) is 8.99. The maximum atomic E-state index is 12.9. The van der Waals surface area contributed by atoms with Gasteiger partial charge in [0.25, 0.3) is 15.9 Å². The Labute approximate surface area is 183 Å². The normalized spacial score (nSPS) is 11.1. The van der Waals surface area contributed by atoms with Crippen molar-refractivity contribution >= 4 is 27.3 Å². The molecule has 0 atom stereocenters. The van der Waals surface area contributed by atoms with Crippen molar-refractivity contribution in [3.63, 3.8) is 0 Å². The standard InChI is InChI=1S/C24H26N2O4S/c1-4-26(31(28,29)22-8-6-5-7-9-22)20-11-13-21(14-12-20)30-17-24(27)25-23-15-10-18(2)16-19(23)3/h5-16H,4,17H2,1-3H3,(H,25,27). The number of hydrogen-bond donors (Lipinski definition) is 1. The molecule has 0 saturated heterocycles. The molecule has 0 aliphatic rings. The lowest BCUT2D eigenvalue weighted by Crippen LogP contribution is -2.30. The van der Waals surface area contributed by atoms with Gasteiger partial charge in [0.15, 0.2) is 6.61 Å². The number of carbonyl (C=O) groups excluding carboxylic acids is 1. The molecule has 0 heterocycles. The van der Waals surface area contributed by atoms with Crippen molar-refractivity contribution in [2.24, 2.45) is 0 Å². The molecule has 6 nitrogen and oxygen atoms in total. The van der Waals surface area contributed by atoms with Gasteiger partial charge in [-0.3, -0.25) is 9.10 Å². The van der Waals surface area contributed by atoms with Crippen molar-refractivity contribution in [1.29, 1.82) is 0 Å². The molecular formula is C24H26N2O4S. The summed E-state index contributed by atoms with van der Waals surface area (Å²) in [5.41, 5.74) is 3.39. The number of ether oxygens (including phenoxy) is 1. The van der Waals surface area contributed by atoms with Crippen LogP contribution in [0.15, 0.2) is 77.7 Å². The van der Waals surface area contributed by atoms with E-state index in [2.05, 4.69) is 5.32 Å². The Kier molecular flexibility index (Phi) is 6.97. The fraction of sp³-hybridized carbons (Fsp3) is 0.208. The van der Waals surface area contributed by atoms with E-state index in [9.17, 15) is 13.2 Å². The van der Waals surface area contributed by atoms with Gasteiger partial charge in [0.2, 0.25) is 0 Å². The highest BCUT2D eigenvalue weighted by Crippen LogP contribution is 2.25. The lowest BCUT2D eigenvalue weighted by Gasteiger charge is -2.23. The fourth-order valence-corrected chi connectivity index (χ4v) is 4.70. The van der Waals surface area contributed by atoms with E-state index in [-0.39, 0.29) is 24.0 Å². The Bertz CT molecular complexity index is 1140. The number of aryl methyl sites for hydroxylation is 2. The Morgan fingerprint density at radius 2 is 1.65 bits per heavy atom. The SMILES string of the molecule is CCN(c1ccc(OCC(=O)Nc2ccc(C)cc2C)cc1)S(=O)(=O)c1ccccc1. The number of nitrogens with zero attached hydrogens (tertiary/aromatic N) is 1. The van der Waals surface area contributed by atoms with Gasteiger partial charge in [-0.05, 0) is 68.8 Å². The molecule has 1 N–H and O–H groups in total. The number of carbonyl (C=O) groups is 1. The number of rotatable bonds is 8. The lowest BCUT2D eigenvalue weighted by atomic mass is 10.1. The minimum absolute atomic E-state index is 0.146. The first-order chi connectivity index (χ1) is 14.8. The molecule has 7 heteroatoms. The van der Waals surface area contributed by atoms with E-state index in [1.807, 2.05) is 32.0 Å². The second kappa shape index (κ2) is 9.66. The van der Waals surface area contributed by atoms with Crippen LogP contribution >= 0.6 is 0 Å². The summed E-state index contributed by atoms with van der Waals surface area (Å²) < 4.78 is 32.7. The van der Waals surface area contributed by atoms with Crippen molar-refractivity contribution in [3.05, 3.63) is 83.9 Å². The number of sulfonamides is 1. The minimum Gasteiger partial charge on any atom is -0.484 e. The number of benzene rings is 3. The van der Waals surface area contributed by atoms with E-state index in [4.69, 9.17) is 4.74 Å². The minimum atomic E-state index is -3.66. The van der Waals surface area contributed by atoms with Crippen molar-refractivity contribution in [2.75, 3.05) is 22.8 Å². The molecule has 162 valence electrons. The topological polar surface area (TPSA) is 75.7 Å². The zero-order chi connectivity index (χ0) is 22.4. The van der Waals surface area contributed by atoms with Crippen LogP contribution in [0.2, 0.25) is 0 Å². The second-order valence-electron chi connectivity index (χ2n) is 7.13. The van der Waals surface area contributed by atoms with Crippen LogP contribution in [0.1, 0.15) is 18.1 Å². The van der Waals surface area contributed by atoms with Gasteiger partial charge in [0.1, 0.15) is 5.75 Å². The summed E-state index contributed by atoms with van der Waals surface area (Å²) in [4.78, 5) is 12.4. The van der Waals surface area contributed by atoms with Crippen LogP contribution in [-0.2, 0) is 14.8 Å². The molecule has 0 aliphatic carbocycles. The first-order valence-electron chi connectivity index (χ1n) is 9.99. The Hall–Kier alpha value is -3.32. The van der Waals surface area contributed by atoms with Gasteiger partial charge in [-0.1, -0.05) is 35.9 Å². The molecule has 0 spiro atoms. The smallest absolute Gasteiger partial charge is 0.264 e. The average Bonchev–Trinajstić information content (AvgIpc) is 2.76. The number of nitrogens with one attached hydrogen (secondary N) is 1. The van der Waals surface area contributed by atoms with Crippen molar-refractivity contribution in [1.82, 2.24) is 0 Å². The summed E-state index contributed by atoms with van der Waals surface area (Å²) in [5.74, 6) is 0.213. The maximum Gasteiger partial charge on any atom is 0.264 e. The highest BCUT2D eigenvalue weighted by molar-refractivity contribution is 7.92. The Morgan fingerprint density at radius 3 is 2.26 bits per heavy atom. The lowest BCUT2D eigenvalue weighted by molar-refractivity contribution is -0.118. The molecular weight excluding hydrogens is 412 g/mol. The molecule has 0 aromatic heterocycles.